The van der Waals surface area contributed by atoms with Crippen molar-refractivity contribution in [3.8, 4) is 0 Å². The molecule has 8 heteroatoms. The number of rotatable bonds is 2. The normalized spacial score (nSPS) is 17.5. The SMILES string of the molecule is O=C(c1ccc(Br)o1)N1CCN(C(=O)c2cnn3c2CCCC3)CC1. The third kappa shape index (κ3) is 3.10. The van der Waals surface area contributed by atoms with Gasteiger partial charge in [-0.25, -0.2) is 0 Å². The van der Waals surface area contributed by atoms with Gasteiger partial charge in [0, 0.05) is 32.7 Å². The molecule has 0 unspecified atom stereocenters. The lowest BCUT2D eigenvalue weighted by Crippen LogP contribution is -2.50. The van der Waals surface area contributed by atoms with Gasteiger partial charge >= 0.3 is 0 Å². The van der Waals surface area contributed by atoms with Crippen molar-refractivity contribution in [3.05, 3.63) is 40.0 Å². The molecular formula is C17H19BrN4O3. The first-order chi connectivity index (χ1) is 12.1. The number of aryl methyl sites for hydroxylation is 1. The van der Waals surface area contributed by atoms with E-state index >= 15 is 0 Å². The maximum atomic E-state index is 12.8. The second-order valence-corrected chi connectivity index (χ2v) is 7.15. The number of halogens is 1. The molecule has 7 nitrogen and oxygen atoms in total. The number of hydrogen-bond donors (Lipinski definition) is 0. The van der Waals surface area contributed by atoms with Gasteiger partial charge in [-0.05, 0) is 47.3 Å². The summed E-state index contributed by atoms with van der Waals surface area (Å²) in [7, 11) is 0. The van der Waals surface area contributed by atoms with Crippen LogP contribution in [0.3, 0.4) is 0 Å². The van der Waals surface area contributed by atoms with Crippen molar-refractivity contribution in [1.29, 1.82) is 0 Å². The van der Waals surface area contributed by atoms with Gasteiger partial charge in [0.2, 0.25) is 0 Å². The van der Waals surface area contributed by atoms with Gasteiger partial charge in [0.05, 0.1) is 17.5 Å². The highest BCUT2D eigenvalue weighted by atomic mass is 79.9. The molecule has 25 heavy (non-hydrogen) atoms. The Labute approximate surface area is 153 Å². The summed E-state index contributed by atoms with van der Waals surface area (Å²) in [6.07, 6.45) is 4.83. The number of nitrogens with zero attached hydrogens (tertiary/aromatic N) is 4. The highest BCUT2D eigenvalue weighted by Crippen LogP contribution is 2.21. The molecule has 2 aromatic heterocycles. The Morgan fingerprint density at radius 3 is 2.40 bits per heavy atom. The summed E-state index contributed by atoms with van der Waals surface area (Å²) in [5, 5.41) is 4.35. The fraction of sp³-hybridized carbons (Fsp3) is 0.471. The molecule has 4 heterocycles. The van der Waals surface area contributed by atoms with E-state index in [4.69, 9.17) is 4.42 Å². The van der Waals surface area contributed by atoms with Crippen molar-refractivity contribution in [2.24, 2.45) is 0 Å². The highest BCUT2D eigenvalue weighted by Gasteiger charge is 2.29. The number of fused-ring (bicyclic) bond motifs is 1. The lowest BCUT2D eigenvalue weighted by Gasteiger charge is -2.34. The van der Waals surface area contributed by atoms with Crippen molar-refractivity contribution in [1.82, 2.24) is 19.6 Å². The smallest absolute Gasteiger partial charge is 0.289 e. The maximum absolute atomic E-state index is 12.8. The standard InChI is InChI=1S/C17H19BrN4O3/c18-15-5-4-14(25-15)17(24)21-9-7-20(8-10-21)16(23)12-11-19-22-6-2-1-3-13(12)22/h4-5,11H,1-3,6-10H2. The Hall–Kier alpha value is -2.09. The molecule has 0 bridgehead atoms. The van der Waals surface area contributed by atoms with Crippen LogP contribution in [0.2, 0.25) is 0 Å². The molecule has 0 radical (unpaired) electrons. The second-order valence-electron chi connectivity index (χ2n) is 6.37. The largest absolute Gasteiger partial charge is 0.444 e. The number of aromatic nitrogens is 2. The van der Waals surface area contributed by atoms with Gasteiger partial charge in [0.25, 0.3) is 11.8 Å². The quantitative estimate of drug-likeness (QED) is 0.765. The van der Waals surface area contributed by atoms with Crippen LogP contribution in [0.15, 0.2) is 27.4 Å². The molecular weight excluding hydrogens is 388 g/mol. The average Bonchev–Trinajstić information content (AvgIpc) is 3.27. The van der Waals surface area contributed by atoms with Crippen LogP contribution >= 0.6 is 15.9 Å². The third-order valence-corrected chi connectivity index (χ3v) is 5.28. The lowest BCUT2D eigenvalue weighted by molar-refractivity contribution is 0.0516. The van der Waals surface area contributed by atoms with Crippen LogP contribution in [0.5, 0.6) is 0 Å². The van der Waals surface area contributed by atoms with Crippen LogP contribution in [0, 0.1) is 0 Å². The number of amides is 2. The van der Waals surface area contributed by atoms with E-state index in [2.05, 4.69) is 21.0 Å². The van der Waals surface area contributed by atoms with Crippen LogP contribution in [0.4, 0.5) is 0 Å². The molecule has 0 aromatic carbocycles. The predicted octanol–water partition coefficient (Wildman–Crippen LogP) is 2.17. The maximum Gasteiger partial charge on any atom is 0.289 e. The Bertz CT molecular complexity index is 805. The summed E-state index contributed by atoms with van der Waals surface area (Å²) in [5.74, 6) is 0.203. The van der Waals surface area contributed by atoms with Crippen molar-refractivity contribution in [2.45, 2.75) is 25.8 Å². The molecule has 0 spiro atoms. The summed E-state index contributed by atoms with van der Waals surface area (Å²) < 4.78 is 7.82. The van der Waals surface area contributed by atoms with Gasteiger partial charge in [-0.3, -0.25) is 14.3 Å². The van der Waals surface area contributed by atoms with Crippen molar-refractivity contribution < 1.29 is 14.0 Å². The number of carbonyl (C=O) groups is 2. The average molecular weight is 407 g/mol. The molecule has 2 aromatic rings. The van der Waals surface area contributed by atoms with Crippen molar-refractivity contribution in [2.75, 3.05) is 26.2 Å². The number of furan rings is 1. The Kier molecular flexibility index (Phi) is 4.37. The number of carbonyl (C=O) groups excluding carboxylic acids is 2. The fourth-order valence-corrected chi connectivity index (χ4v) is 3.77. The van der Waals surface area contributed by atoms with Gasteiger partial charge in [-0.2, -0.15) is 5.10 Å². The van der Waals surface area contributed by atoms with Gasteiger partial charge in [0.1, 0.15) is 0 Å². The molecule has 132 valence electrons. The summed E-state index contributed by atoms with van der Waals surface area (Å²) in [4.78, 5) is 28.8. The zero-order chi connectivity index (χ0) is 17.4. The van der Waals surface area contributed by atoms with Crippen LogP contribution < -0.4 is 0 Å². The predicted molar refractivity (Wildman–Crippen MR) is 93.4 cm³/mol. The van der Waals surface area contributed by atoms with Crippen LogP contribution in [0.1, 0.15) is 39.4 Å². The van der Waals surface area contributed by atoms with E-state index in [9.17, 15) is 9.59 Å². The lowest BCUT2D eigenvalue weighted by atomic mass is 10.1. The molecule has 1 saturated heterocycles. The zero-order valence-corrected chi connectivity index (χ0v) is 15.4. The molecule has 0 atom stereocenters. The summed E-state index contributed by atoms with van der Waals surface area (Å²) in [6.45, 7) is 2.95. The van der Waals surface area contributed by atoms with Gasteiger partial charge in [-0.1, -0.05) is 0 Å². The van der Waals surface area contributed by atoms with Crippen molar-refractivity contribution in [3.63, 3.8) is 0 Å². The monoisotopic (exact) mass is 406 g/mol. The first-order valence-corrected chi connectivity index (χ1v) is 9.31. The molecule has 1 fully saturated rings. The molecule has 2 amide bonds. The van der Waals surface area contributed by atoms with Crippen molar-refractivity contribution >= 4 is 27.7 Å². The fourth-order valence-electron chi connectivity index (χ4n) is 3.47. The zero-order valence-electron chi connectivity index (χ0n) is 13.8. The Morgan fingerprint density at radius 1 is 1.00 bits per heavy atom. The van der Waals surface area contributed by atoms with Gasteiger partial charge in [0.15, 0.2) is 10.4 Å². The highest BCUT2D eigenvalue weighted by molar-refractivity contribution is 9.10. The number of hydrogen-bond acceptors (Lipinski definition) is 4. The van der Waals surface area contributed by atoms with E-state index in [0.29, 0.717) is 36.6 Å². The van der Waals surface area contributed by atoms with Gasteiger partial charge in [-0.15, -0.1) is 0 Å². The van der Waals surface area contributed by atoms with E-state index in [1.807, 2.05) is 9.58 Å². The summed E-state index contributed by atoms with van der Waals surface area (Å²) in [5.41, 5.74) is 1.77. The van der Waals surface area contributed by atoms with E-state index in [0.717, 1.165) is 37.1 Å². The summed E-state index contributed by atoms with van der Waals surface area (Å²) >= 11 is 3.21. The molecule has 0 saturated carbocycles. The topological polar surface area (TPSA) is 71.6 Å². The first-order valence-electron chi connectivity index (χ1n) is 8.52. The van der Waals surface area contributed by atoms with Gasteiger partial charge < -0.3 is 14.2 Å². The van der Waals surface area contributed by atoms with Crippen LogP contribution in [-0.2, 0) is 13.0 Å². The number of piperazine rings is 1. The minimum atomic E-state index is -0.138. The third-order valence-electron chi connectivity index (χ3n) is 4.85. The van der Waals surface area contributed by atoms with E-state index < -0.39 is 0 Å². The second kappa shape index (κ2) is 6.67. The minimum Gasteiger partial charge on any atom is -0.444 e. The first kappa shape index (κ1) is 16.4. The van der Waals surface area contributed by atoms with E-state index in [-0.39, 0.29) is 11.8 Å². The molecule has 2 aliphatic heterocycles. The van der Waals surface area contributed by atoms with Crippen LogP contribution in [-0.4, -0.2) is 57.6 Å². The molecule has 0 aliphatic carbocycles. The van der Waals surface area contributed by atoms with E-state index in [1.54, 1.807) is 23.2 Å². The minimum absolute atomic E-state index is 0.0241. The molecule has 4 rings (SSSR count). The molecule has 0 N–H and O–H groups in total. The van der Waals surface area contributed by atoms with E-state index in [1.165, 1.54) is 0 Å². The molecule has 2 aliphatic rings. The Morgan fingerprint density at radius 2 is 1.72 bits per heavy atom. The van der Waals surface area contributed by atoms with Crippen LogP contribution in [0.25, 0.3) is 0 Å². The Balaban J connectivity index is 1.41. The summed E-state index contributed by atoms with van der Waals surface area (Å²) in [6, 6.07) is 3.36.